The highest BCUT2D eigenvalue weighted by molar-refractivity contribution is 14.0. The van der Waals surface area contributed by atoms with Crippen molar-refractivity contribution in [2.24, 2.45) is 4.99 Å². The lowest BCUT2D eigenvalue weighted by Crippen LogP contribution is -2.38. The number of carbonyl (C=O) groups is 1. The van der Waals surface area contributed by atoms with Crippen LogP contribution in [0, 0.1) is 13.8 Å². The molecule has 1 unspecified atom stereocenters. The highest BCUT2D eigenvalue weighted by Gasteiger charge is 2.18. The van der Waals surface area contributed by atoms with Crippen LogP contribution in [0.3, 0.4) is 0 Å². The quantitative estimate of drug-likeness (QED) is 0.264. The van der Waals surface area contributed by atoms with E-state index < -0.39 is 0 Å². The van der Waals surface area contributed by atoms with Gasteiger partial charge in [-0.25, -0.2) is 4.98 Å². The van der Waals surface area contributed by atoms with Gasteiger partial charge in [0.1, 0.15) is 17.7 Å². The lowest BCUT2D eigenvalue weighted by Gasteiger charge is -2.18. The van der Waals surface area contributed by atoms with Crippen LogP contribution in [-0.2, 0) is 16.1 Å². The second-order valence-electron chi connectivity index (χ2n) is 7.53. The molecule has 1 fully saturated rings. The van der Waals surface area contributed by atoms with E-state index >= 15 is 0 Å². The minimum atomic E-state index is -0.103. The number of anilines is 1. The maximum atomic E-state index is 12.1. The molecule has 1 amide bonds. The van der Waals surface area contributed by atoms with Gasteiger partial charge in [0.15, 0.2) is 5.96 Å². The summed E-state index contributed by atoms with van der Waals surface area (Å²) in [6.07, 6.45) is 1.31. The largest absolute Gasteiger partial charge is 0.488 e. The van der Waals surface area contributed by atoms with Crippen LogP contribution in [0.2, 0.25) is 0 Å². The van der Waals surface area contributed by atoms with E-state index in [1.54, 1.807) is 13.1 Å². The average molecular weight is 553 g/mol. The molecular weight excluding hydrogens is 521 g/mol. The van der Waals surface area contributed by atoms with Gasteiger partial charge in [-0.2, -0.15) is 0 Å². The van der Waals surface area contributed by atoms with Crippen LogP contribution in [0.4, 0.5) is 5.82 Å². The summed E-state index contributed by atoms with van der Waals surface area (Å²) < 4.78 is 11.6. The van der Waals surface area contributed by atoms with E-state index in [1.807, 2.05) is 26.0 Å². The van der Waals surface area contributed by atoms with E-state index in [9.17, 15) is 4.79 Å². The van der Waals surface area contributed by atoms with Gasteiger partial charge in [-0.1, -0.05) is 18.2 Å². The molecule has 3 N–H and O–H groups in total. The van der Waals surface area contributed by atoms with E-state index in [0.717, 1.165) is 35.6 Å². The fourth-order valence-corrected chi connectivity index (χ4v) is 3.21. The second kappa shape index (κ2) is 13.2. The molecule has 8 nitrogen and oxygen atoms in total. The normalized spacial score (nSPS) is 15.6. The van der Waals surface area contributed by atoms with Crippen LogP contribution in [0.5, 0.6) is 5.75 Å². The summed E-state index contributed by atoms with van der Waals surface area (Å²) in [4.78, 5) is 20.7. The fraction of sp³-hybridized carbons (Fsp3) is 0.435. The maximum absolute atomic E-state index is 12.1. The second-order valence-corrected chi connectivity index (χ2v) is 7.53. The smallest absolute Gasteiger partial charge is 0.227 e. The summed E-state index contributed by atoms with van der Waals surface area (Å²) in [6, 6.07) is 11.7. The van der Waals surface area contributed by atoms with E-state index in [4.69, 9.17) is 9.47 Å². The van der Waals surface area contributed by atoms with Gasteiger partial charge >= 0.3 is 0 Å². The Hall–Kier alpha value is -2.40. The van der Waals surface area contributed by atoms with Crippen LogP contribution in [0.25, 0.3) is 0 Å². The number of nitrogens with one attached hydrogen (secondary N) is 3. The number of pyridine rings is 1. The molecule has 3 rings (SSSR count). The van der Waals surface area contributed by atoms with Crippen molar-refractivity contribution >= 4 is 41.7 Å². The molecule has 0 aliphatic carbocycles. The summed E-state index contributed by atoms with van der Waals surface area (Å²) in [7, 11) is 1.70. The topological polar surface area (TPSA) is 96.9 Å². The zero-order valence-corrected chi connectivity index (χ0v) is 21.1. The van der Waals surface area contributed by atoms with E-state index in [2.05, 4.69) is 44.1 Å². The summed E-state index contributed by atoms with van der Waals surface area (Å²) in [5.41, 5.74) is 3.05. The number of aromatic nitrogens is 1. The van der Waals surface area contributed by atoms with Gasteiger partial charge in [0.2, 0.25) is 5.91 Å². The van der Waals surface area contributed by atoms with Crippen molar-refractivity contribution in [1.29, 1.82) is 0 Å². The number of hydrogen-bond donors (Lipinski definition) is 3. The van der Waals surface area contributed by atoms with Crippen molar-refractivity contribution < 1.29 is 14.3 Å². The minimum Gasteiger partial charge on any atom is -0.488 e. The van der Waals surface area contributed by atoms with Gasteiger partial charge in [0.05, 0.1) is 13.2 Å². The van der Waals surface area contributed by atoms with Crippen molar-refractivity contribution in [2.45, 2.75) is 39.3 Å². The van der Waals surface area contributed by atoms with Gasteiger partial charge in [-0.15, -0.1) is 24.0 Å². The van der Waals surface area contributed by atoms with Crippen LogP contribution in [0.1, 0.15) is 29.7 Å². The van der Waals surface area contributed by atoms with Crippen LogP contribution < -0.4 is 20.7 Å². The summed E-state index contributed by atoms with van der Waals surface area (Å²) >= 11 is 0. The first-order valence-corrected chi connectivity index (χ1v) is 10.6. The molecule has 1 aromatic heterocycles. The Bertz CT molecular complexity index is 916. The molecule has 174 valence electrons. The number of nitrogens with zero attached hydrogens (tertiary/aromatic N) is 2. The molecule has 9 heteroatoms. The average Bonchev–Trinajstić information content (AvgIpc) is 3.25. The van der Waals surface area contributed by atoms with Gasteiger partial charge < -0.3 is 25.4 Å². The zero-order chi connectivity index (χ0) is 22.1. The molecule has 0 bridgehead atoms. The number of amides is 1. The molecule has 32 heavy (non-hydrogen) atoms. The SMILES string of the molecule is CN=C(NCCC(=O)Nc1cccc(C)n1)NCc1ccc(C)cc1OC1CCOC1.I. The molecule has 1 aliphatic heterocycles. The minimum absolute atomic E-state index is 0. The molecule has 1 aliphatic rings. The molecule has 0 radical (unpaired) electrons. The molecule has 0 spiro atoms. The first kappa shape index (κ1) is 25.9. The van der Waals surface area contributed by atoms with Crippen molar-refractivity contribution in [1.82, 2.24) is 15.6 Å². The highest BCUT2D eigenvalue weighted by atomic mass is 127. The number of carbonyl (C=O) groups excluding carboxylic acids is 1. The maximum Gasteiger partial charge on any atom is 0.227 e. The molecular formula is C23H32IN5O3. The van der Waals surface area contributed by atoms with Gasteiger partial charge in [-0.3, -0.25) is 9.79 Å². The fourth-order valence-electron chi connectivity index (χ4n) is 3.21. The molecule has 1 saturated heterocycles. The van der Waals surface area contributed by atoms with E-state index in [1.165, 1.54) is 0 Å². The Morgan fingerprint density at radius 2 is 2.09 bits per heavy atom. The zero-order valence-electron chi connectivity index (χ0n) is 18.8. The highest BCUT2D eigenvalue weighted by Crippen LogP contribution is 2.23. The van der Waals surface area contributed by atoms with Crippen LogP contribution in [0.15, 0.2) is 41.4 Å². The number of rotatable bonds is 8. The Morgan fingerprint density at radius 1 is 1.25 bits per heavy atom. The third-order valence-corrected chi connectivity index (χ3v) is 4.87. The number of guanidine groups is 1. The summed E-state index contributed by atoms with van der Waals surface area (Å²) in [5, 5.41) is 9.26. The predicted molar refractivity (Wildman–Crippen MR) is 137 cm³/mol. The molecule has 1 atom stereocenters. The number of aryl methyl sites for hydroxylation is 2. The van der Waals surface area contributed by atoms with E-state index in [-0.39, 0.29) is 36.0 Å². The third-order valence-electron chi connectivity index (χ3n) is 4.87. The summed E-state index contributed by atoms with van der Waals surface area (Å²) in [6.45, 7) is 6.32. The Morgan fingerprint density at radius 3 is 2.81 bits per heavy atom. The van der Waals surface area contributed by atoms with Gasteiger partial charge in [0, 0.05) is 44.2 Å². The van der Waals surface area contributed by atoms with Crippen molar-refractivity contribution in [3.63, 3.8) is 0 Å². The van der Waals surface area contributed by atoms with Crippen LogP contribution in [-0.4, -0.2) is 49.8 Å². The van der Waals surface area contributed by atoms with Gasteiger partial charge in [-0.05, 0) is 37.6 Å². The lowest BCUT2D eigenvalue weighted by molar-refractivity contribution is -0.116. The van der Waals surface area contributed by atoms with Crippen molar-refractivity contribution in [2.75, 3.05) is 32.1 Å². The standard InChI is InChI=1S/C23H31N5O3.HI/c1-16-7-8-18(20(13-16)31-19-10-12-30-15-19)14-26-23(24-3)25-11-9-22(29)28-21-6-4-5-17(2)27-21;/h4-8,13,19H,9-12,14-15H2,1-3H3,(H2,24,25,26)(H,27,28,29);1H. The van der Waals surface area contributed by atoms with Crippen molar-refractivity contribution in [3.05, 3.63) is 53.2 Å². The Kier molecular flexibility index (Phi) is 10.7. The number of ether oxygens (including phenoxy) is 2. The Balaban J connectivity index is 0.00000363. The first-order chi connectivity index (χ1) is 15.0. The predicted octanol–water partition coefficient (Wildman–Crippen LogP) is 3.18. The van der Waals surface area contributed by atoms with Gasteiger partial charge in [0.25, 0.3) is 0 Å². The molecule has 0 saturated carbocycles. The van der Waals surface area contributed by atoms with Crippen LogP contribution >= 0.6 is 24.0 Å². The Labute approximate surface area is 206 Å². The number of aliphatic imine (C=N–C) groups is 1. The number of halogens is 1. The first-order valence-electron chi connectivity index (χ1n) is 10.6. The third kappa shape index (κ3) is 8.27. The molecule has 2 aromatic rings. The van der Waals surface area contributed by atoms with Crippen molar-refractivity contribution in [3.8, 4) is 5.75 Å². The summed E-state index contributed by atoms with van der Waals surface area (Å²) in [5.74, 6) is 1.95. The van der Waals surface area contributed by atoms with E-state index in [0.29, 0.717) is 37.9 Å². The number of benzene rings is 1. The molecule has 1 aromatic carbocycles. The number of hydrogen-bond acceptors (Lipinski definition) is 5. The lowest BCUT2D eigenvalue weighted by atomic mass is 10.1. The monoisotopic (exact) mass is 553 g/mol. The molecule has 2 heterocycles.